The Labute approximate surface area is 143 Å². The third-order valence-corrected chi connectivity index (χ3v) is 7.18. The van der Waals surface area contributed by atoms with Gasteiger partial charge < -0.3 is 9.31 Å². The zero-order valence-corrected chi connectivity index (χ0v) is 15.9. The molecule has 1 heterocycles. The Hall–Kier alpha value is -0.275. The topological polar surface area (TPSA) is 18.5 Å². The first-order valence-corrected chi connectivity index (χ1v) is 9.87. The van der Waals surface area contributed by atoms with Gasteiger partial charge in [0.2, 0.25) is 0 Å². The van der Waals surface area contributed by atoms with E-state index in [9.17, 15) is 0 Å². The Balaban J connectivity index is 1.55. The van der Waals surface area contributed by atoms with Crippen LogP contribution in [0.3, 0.4) is 0 Å². The second-order valence-corrected chi connectivity index (χ2v) is 9.09. The van der Waals surface area contributed by atoms with Crippen molar-refractivity contribution in [2.24, 2.45) is 17.8 Å². The molecule has 130 valence electrons. The molecule has 0 amide bonds. The second-order valence-electron chi connectivity index (χ2n) is 9.09. The summed E-state index contributed by atoms with van der Waals surface area (Å²) < 4.78 is 12.4. The van der Waals surface area contributed by atoms with Gasteiger partial charge in [-0.05, 0) is 83.0 Å². The summed E-state index contributed by atoms with van der Waals surface area (Å²) in [7, 11) is -0.114. The molecule has 0 aromatic carbocycles. The van der Waals surface area contributed by atoms with Crippen LogP contribution in [0.25, 0.3) is 0 Å². The highest BCUT2D eigenvalue weighted by molar-refractivity contribution is 6.54. The summed E-state index contributed by atoms with van der Waals surface area (Å²) in [4.78, 5) is 0. The Kier molecular flexibility index (Phi) is 5.00. The molecule has 3 heteroatoms. The third kappa shape index (κ3) is 3.56. The zero-order chi connectivity index (χ0) is 16.7. The molecule has 3 aliphatic rings. The number of rotatable bonds is 3. The lowest BCUT2D eigenvalue weighted by molar-refractivity contribution is 0.00578. The first-order valence-electron chi connectivity index (χ1n) is 9.87. The molecule has 1 aliphatic heterocycles. The fourth-order valence-corrected chi connectivity index (χ4v) is 4.58. The zero-order valence-electron chi connectivity index (χ0n) is 15.9. The minimum atomic E-state index is -0.214. The van der Waals surface area contributed by atoms with Crippen molar-refractivity contribution in [3.8, 4) is 0 Å². The van der Waals surface area contributed by atoms with Crippen molar-refractivity contribution < 1.29 is 9.31 Å². The molecule has 3 rings (SSSR count). The molecule has 2 aliphatic carbocycles. The fraction of sp³-hybridized carbons (Fsp3) is 0.900. The molecule has 2 fully saturated rings. The van der Waals surface area contributed by atoms with Crippen LogP contribution in [0.15, 0.2) is 11.5 Å². The summed E-state index contributed by atoms with van der Waals surface area (Å²) in [5.41, 5.74) is 0.962. The molecule has 0 N–H and O–H groups in total. The van der Waals surface area contributed by atoms with Crippen LogP contribution in [0.2, 0.25) is 0 Å². The van der Waals surface area contributed by atoms with Crippen molar-refractivity contribution in [2.75, 3.05) is 0 Å². The molecule has 1 saturated carbocycles. The summed E-state index contributed by atoms with van der Waals surface area (Å²) in [5.74, 6) is 2.87. The van der Waals surface area contributed by atoms with E-state index in [0.717, 1.165) is 24.2 Å². The fourth-order valence-electron chi connectivity index (χ4n) is 4.58. The van der Waals surface area contributed by atoms with Crippen molar-refractivity contribution >= 4 is 7.12 Å². The van der Waals surface area contributed by atoms with Crippen LogP contribution in [0.5, 0.6) is 0 Å². The molecule has 0 aromatic rings. The van der Waals surface area contributed by atoms with Crippen LogP contribution < -0.4 is 0 Å². The van der Waals surface area contributed by atoms with Crippen LogP contribution in [0.1, 0.15) is 86.0 Å². The van der Waals surface area contributed by atoms with E-state index in [2.05, 4.69) is 40.7 Å². The van der Waals surface area contributed by atoms with Gasteiger partial charge in [-0.2, -0.15) is 0 Å². The standard InChI is InChI=1S/C20H35BO2/c1-6-15-7-9-16(10-8-15)17-11-13-18(14-12-17)21-22-19(2,3)20(4,5)23-21/h13,15-17H,6-12,14H2,1-5H3/t15?,16?,17-/m0/s1. The summed E-state index contributed by atoms with van der Waals surface area (Å²) in [5, 5.41) is 0. The van der Waals surface area contributed by atoms with E-state index in [4.69, 9.17) is 9.31 Å². The average molecular weight is 318 g/mol. The van der Waals surface area contributed by atoms with E-state index >= 15 is 0 Å². The van der Waals surface area contributed by atoms with E-state index in [1.165, 1.54) is 50.4 Å². The molecule has 2 nitrogen and oxygen atoms in total. The van der Waals surface area contributed by atoms with Crippen LogP contribution in [0, 0.1) is 17.8 Å². The van der Waals surface area contributed by atoms with E-state index in [0.29, 0.717) is 0 Å². The predicted octanol–water partition coefficient (Wildman–Crippen LogP) is 5.56. The molecule has 0 aromatic heterocycles. The monoisotopic (exact) mass is 318 g/mol. The van der Waals surface area contributed by atoms with E-state index in [1.807, 2.05) is 0 Å². The van der Waals surface area contributed by atoms with Gasteiger partial charge in [-0.3, -0.25) is 0 Å². The highest BCUT2D eigenvalue weighted by atomic mass is 16.7. The van der Waals surface area contributed by atoms with E-state index < -0.39 is 0 Å². The lowest BCUT2D eigenvalue weighted by Gasteiger charge is -2.35. The van der Waals surface area contributed by atoms with Gasteiger partial charge in [-0.15, -0.1) is 0 Å². The SMILES string of the molecule is CCC1CCC([C@H]2CC=C(B3OC(C)(C)C(C)(C)O3)CC2)CC1. The molecule has 0 spiro atoms. The molecule has 1 saturated heterocycles. The minimum Gasteiger partial charge on any atom is -0.400 e. The highest BCUT2D eigenvalue weighted by Crippen LogP contribution is 2.43. The molecule has 0 bridgehead atoms. The van der Waals surface area contributed by atoms with Crippen LogP contribution in [-0.2, 0) is 9.31 Å². The van der Waals surface area contributed by atoms with Gasteiger partial charge in [0.15, 0.2) is 0 Å². The molecule has 1 atom stereocenters. The molecule has 0 radical (unpaired) electrons. The van der Waals surface area contributed by atoms with Crippen molar-refractivity contribution in [1.82, 2.24) is 0 Å². The lowest BCUT2D eigenvalue weighted by Crippen LogP contribution is -2.41. The summed E-state index contributed by atoms with van der Waals surface area (Å²) in [6.45, 7) is 10.9. The second kappa shape index (κ2) is 6.56. The summed E-state index contributed by atoms with van der Waals surface area (Å²) in [6, 6.07) is 0. The van der Waals surface area contributed by atoms with Gasteiger partial charge in [0, 0.05) is 0 Å². The van der Waals surface area contributed by atoms with Gasteiger partial charge in [0.25, 0.3) is 0 Å². The Morgan fingerprint density at radius 3 is 2.04 bits per heavy atom. The first-order chi connectivity index (χ1) is 10.8. The highest BCUT2D eigenvalue weighted by Gasteiger charge is 2.52. The maximum Gasteiger partial charge on any atom is 0.490 e. The third-order valence-electron chi connectivity index (χ3n) is 7.18. The first kappa shape index (κ1) is 17.5. The summed E-state index contributed by atoms with van der Waals surface area (Å²) in [6.07, 6.45) is 13.4. The van der Waals surface area contributed by atoms with Crippen molar-refractivity contribution in [3.63, 3.8) is 0 Å². The molecular formula is C20H35BO2. The van der Waals surface area contributed by atoms with Crippen molar-refractivity contribution in [2.45, 2.75) is 97.2 Å². The van der Waals surface area contributed by atoms with Crippen LogP contribution in [-0.4, -0.2) is 18.3 Å². The largest absolute Gasteiger partial charge is 0.490 e. The van der Waals surface area contributed by atoms with Gasteiger partial charge in [-0.25, -0.2) is 0 Å². The van der Waals surface area contributed by atoms with Gasteiger partial charge in [0.05, 0.1) is 11.2 Å². The van der Waals surface area contributed by atoms with Crippen molar-refractivity contribution in [1.29, 1.82) is 0 Å². The Morgan fingerprint density at radius 1 is 0.957 bits per heavy atom. The van der Waals surface area contributed by atoms with Gasteiger partial charge in [0.1, 0.15) is 0 Å². The van der Waals surface area contributed by atoms with Gasteiger partial charge >= 0.3 is 7.12 Å². The normalized spacial score (nSPS) is 36.8. The number of hydrogen-bond donors (Lipinski definition) is 0. The Morgan fingerprint density at radius 2 is 1.57 bits per heavy atom. The van der Waals surface area contributed by atoms with Crippen LogP contribution >= 0.6 is 0 Å². The maximum absolute atomic E-state index is 6.22. The lowest BCUT2D eigenvalue weighted by atomic mass is 9.66. The molecule has 23 heavy (non-hydrogen) atoms. The number of allylic oxidation sites excluding steroid dienone is 2. The van der Waals surface area contributed by atoms with E-state index in [-0.39, 0.29) is 18.3 Å². The summed E-state index contributed by atoms with van der Waals surface area (Å²) >= 11 is 0. The average Bonchev–Trinajstić information content (AvgIpc) is 2.76. The molecule has 0 unspecified atom stereocenters. The van der Waals surface area contributed by atoms with Gasteiger partial charge in [-0.1, -0.05) is 32.3 Å². The predicted molar refractivity (Wildman–Crippen MR) is 97.2 cm³/mol. The Bertz CT molecular complexity index is 431. The minimum absolute atomic E-state index is 0.114. The smallest absolute Gasteiger partial charge is 0.400 e. The quantitative estimate of drug-likeness (QED) is 0.634. The van der Waals surface area contributed by atoms with Crippen LogP contribution in [0.4, 0.5) is 0 Å². The van der Waals surface area contributed by atoms with E-state index in [1.54, 1.807) is 0 Å². The number of hydrogen-bond acceptors (Lipinski definition) is 2. The molecular weight excluding hydrogens is 283 g/mol. The van der Waals surface area contributed by atoms with Crippen molar-refractivity contribution in [3.05, 3.63) is 11.5 Å². The maximum atomic E-state index is 6.22.